The number of halogens is 3. The van der Waals surface area contributed by atoms with Crippen molar-refractivity contribution in [2.45, 2.75) is 88.7 Å². The summed E-state index contributed by atoms with van der Waals surface area (Å²) in [6, 6.07) is 10.7. The van der Waals surface area contributed by atoms with Crippen molar-refractivity contribution in [3.8, 4) is 0 Å². The Morgan fingerprint density at radius 3 is 2.29 bits per heavy atom. The number of nitrogens with zero attached hydrogens (tertiary/aromatic N) is 2. The number of rotatable bonds is 14. The number of hydrogen-bond donors (Lipinski definition) is 3. The van der Waals surface area contributed by atoms with Crippen LogP contribution >= 0.6 is 0 Å². The lowest BCUT2D eigenvalue weighted by Crippen LogP contribution is -2.52. The van der Waals surface area contributed by atoms with Crippen molar-refractivity contribution in [3.05, 3.63) is 59.7 Å². The van der Waals surface area contributed by atoms with E-state index in [1.54, 1.807) is 18.2 Å². The molecule has 0 bridgehead atoms. The predicted octanol–water partition coefficient (Wildman–Crippen LogP) is 6.19. The van der Waals surface area contributed by atoms with Gasteiger partial charge in [-0.05, 0) is 74.1 Å². The molecule has 2 saturated carbocycles. The Labute approximate surface area is 296 Å². The van der Waals surface area contributed by atoms with Gasteiger partial charge in [0, 0.05) is 25.9 Å². The number of urea groups is 1. The van der Waals surface area contributed by atoms with Crippen LogP contribution in [0.3, 0.4) is 0 Å². The minimum atomic E-state index is -4.70. The monoisotopic (exact) mass is 729 g/mol. The van der Waals surface area contributed by atoms with E-state index in [0.29, 0.717) is 35.4 Å². The predicted molar refractivity (Wildman–Crippen MR) is 186 cm³/mol. The van der Waals surface area contributed by atoms with Crippen LogP contribution in [0.4, 0.5) is 34.1 Å². The lowest BCUT2D eigenvalue weighted by atomic mass is 9.88. The van der Waals surface area contributed by atoms with Crippen LogP contribution in [0, 0.1) is 17.8 Å². The minimum Gasteiger partial charge on any atom is -0.445 e. The number of nitrogens with one attached hydrogen (secondary N) is 3. The van der Waals surface area contributed by atoms with E-state index in [4.69, 9.17) is 9.47 Å². The van der Waals surface area contributed by atoms with E-state index in [1.165, 1.54) is 11.8 Å². The Balaban J connectivity index is 1.25. The molecule has 2 heterocycles. The second-order valence-electron chi connectivity index (χ2n) is 15.5. The largest absolute Gasteiger partial charge is 0.445 e. The number of amides is 5. The molecule has 11 nitrogen and oxygen atoms in total. The molecule has 6 rings (SSSR count). The third-order valence-electron chi connectivity index (χ3n) is 10.3. The lowest BCUT2D eigenvalue weighted by molar-refractivity contribution is -0.152. The van der Waals surface area contributed by atoms with E-state index in [-0.39, 0.29) is 19.3 Å². The zero-order valence-corrected chi connectivity index (χ0v) is 30.3. The van der Waals surface area contributed by atoms with Crippen LogP contribution in [-0.4, -0.2) is 75.1 Å². The summed E-state index contributed by atoms with van der Waals surface area (Å²) >= 11 is 0. The maximum Gasteiger partial charge on any atom is 0.410 e. The van der Waals surface area contributed by atoms with Gasteiger partial charge in [0.2, 0.25) is 5.91 Å². The second kappa shape index (κ2) is 14.1. The smallest absolute Gasteiger partial charge is 0.410 e. The number of carbonyl (C=O) groups is 4. The van der Waals surface area contributed by atoms with Crippen LogP contribution in [0.5, 0.6) is 0 Å². The molecule has 2 aromatic rings. The van der Waals surface area contributed by atoms with Crippen molar-refractivity contribution >= 4 is 43.4 Å². The first-order chi connectivity index (χ1) is 24.1. The summed E-state index contributed by atoms with van der Waals surface area (Å²) in [6.07, 6.45) is -1.53. The number of fused-ring (bicyclic) bond motifs is 1. The molecule has 0 spiro atoms. The first kappa shape index (κ1) is 36.7. The molecular formula is C36H46F3N5O6Si. The number of alkyl carbamates (subject to hydrolysis) is 1. The Morgan fingerprint density at radius 1 is 1.04 bits per heavy atom. The van der Waals surface area contributed by atoms with Gasteiger partial charge in [0.15, 0.2) is 0 Å². The maximum atomic E-state index is 14.1. The average Bonchev–Trinajstić information content (AvgIpc) is 4.01. The summed E-state index contributed by atoms with van der Waals surface area (Å²) in [5, 5.41) is 7.73. The van der Waals surface area contributed by atoms with E-state index in [1.807, 2.05) is 35.6 Å². The Hall–Kier alpha value is -4.11. The van der Waals surface area contributed by atoms with E-state index in [9.17, 15) is 32.3 Å². The van der Waals surface area contributed by atoms with Gasteiger partial charge in [0.1, 0.15) is 31.0 Å². The highest BCUT2D eigenvalue weighted by atomic mass is 28.3. The van der Waals surface area contributed by atoms with Crippen LogP contribution < -0.4 is 20.9 Å². The van der Waals surface area contributed by atoms with E-state index >= 15 is 0 Å². The first-order valence-corrected chi connectivity index (χ1v) is 21.2. The van der Waals surface area contributed by atoms with E-state index < -0.39 is 62.4 Å². The molecule has 5 amide bonds. The third kappa shape index (κ3) is 8.19. The van der Waals surface area contributed by atoms with Gasteiger partial charge in [0.25, 0.3) is 5.91 Å². The third-order valence-corrected chi connectivity index (χ3v) is 12.0. The molecule has 276 valence electrons. The minimum absolute atomic E-state index is 0.0464. The van der Waals surface area contributed by atoms with Crippen LogP contribution in [0.15, 0.2) is 48.5 Å². The molecule has 51 heavy (non-hydrogen) atoms. The highest BCUT2D eigenvalue weighted by molar-refractivity contribution is 6.76. The molecule has 15 heteroatoms. The van der Waals surface area contributed by atoms with Crippen molar-refractivity contribution in [2.24, 2.45) is 17.8 Å². The molecule has 2 aliphatic carbocycles. The highest BCUT2D eigenvalue weighted by Gasteiger charge is 2.59. The number of carbonyl (C=O) groups excluding carboxylic acids is 4. The molecule has 3 fully saturated rings. The normalized spacial score (nSPS) is 22.5. The van der Waals surface area contributed by atoms with Gasteiger partial charge in [-0.2, -0.15) is 13.2 Å². The van der Waals surface area contributed by atoms with Crippen molar-refractivity contribution in [3.63, 3.8) is 0 Å². The summed E-state index contributed by atoms with van der Waals surface area (Å²) in [5.74, 6) is -0.517. The lowest BCUT2D eigenvalue weighted by Gasteiger charge is -2.33. The van der Waals surface area contributed by atoms with Gasteiger partial charge in [-0.1, -0.05) is 56.0 Å². The van der Waals surface area contributed by atoms with Gasteiger partial charge in [-0.15, -0.1) is 0 Å². The van der Waals surface area contributed by atoms with Crippen LogP contribution in [0.25, 0.3) is 0 Å². The van der Waals surface area contributed by atoms with Crippen molar-refractivity contribution in [1.82, 2.24) is 15.5 Å². The van der Waals surface area contributed by atoms with Crippen molar-refractivity contribution in [1.29, 1.82) is 0 Å². The van der Waals surface area contributed by atoms with Crippen LogP contribution in [0.1, 0.15) is 43.7 Å². The Morgan fingerprint density at radius 2 is 1.71 bits per heavy atom. The maximum absolute atomic E-state index is 14.1. The standard InChI is InChI=1S/C36H46F3N5O6Si/c1-35(44-19-28(36(37,38)39)41-33(44)47)26-15-14-25(18-27(26)43(32(35)46)21-49-16-17-51(2,3)4)40-31(45)30(29(23-10-11-23)24-12-13-24)42-34(48)50-20-22-8-6-5-7-9-22/h5-9,14-15,18,23-24,28-30H,10-13,16-17,19-21H2,1-4H3,(H,40,45)(H,41,47)(H,42,48)/t28-,30-,35-/m0/s1. The summed E-state index contributed by atoms with van der Waals surface area (Å²) in [7, 11) is -1.48. The fraction of sp³-hybridized carbons (Fsp3) is 0.556. The Bertz CT molecular complexity index is 1640. The quantitative estimate of drug-likeness (QED) is 0.157. The second-order valence-corrected chi connectivity index (χ2v) is 21.1. The van der Waals surface area contributed by atoms with E-state index in [0.717, 1.165) is 42.2 Å². The average molecular weight is 730 g/mol. The number of benzene rings is 2. The van der Waals surface area contributed by atoms with Gasteiger partial charge in [-0.3, -0.25) is 14.5 Å². The van der Waals surface area contributed by atoms with Gasteiger partial charge in [-0.25, -0.2) is 9.59 Å². The van der Waals surface area contributed by atoms with Crippen molar-refractivity contribution in [2.75, 3.05) is 30.1 Å². The fourth-order valence-corrected chi connectivity index (χ4v) is 7.86. The number of alkyl halides is 3. The molecule has 4 aliphatic rings. The molecule has 2 aromatic carbocycles. The summed E-state index contributed by atoms with van der Waals surface area (Å²) in [4.78, 5) is 56.4. The Kier molecular flexibility index (Phi) is 10.2. The fourth-order valence-electron chi connectivity index (χ4n) is 7.10. The molecule has 2 aliphatic heterocycles. The molecule has 0 aromatic heterocycles. The zero-order chi connectivity index (χ0) is 36.7. The zero-order valence-electron chi connectivity index (χ0n) is 29.3. The highest BCUT2D eigenvalue weighted by Crippen LogP contribution is 2.51. The number of anilines is 2. The molecule has 3 N–H and O–H groups in total. The first-order valence-electron chi connectivity index (χ1n) is 17.5. The number of hydrogen-bond acceptors (Lipinski definition) is 6. The molecule has 0 unspecified atom stereocenters. The van der Waals surface area contributed by atoms with Crippen LogP contribution in [-0.2, 0) is 31.2 Å². The van der Waals surface area contributed by atoms with Gasteiger partial charge in [0.05, 0.1) is 12.2 Å². The summed E-state index contributed by atoms with van der Waals surface area (Å²) < 4.78 is 52.4. The SMILES string of the molecule is C[C@@]1(N2C[C@@H](C(F)(F)F)NC2=O)C(=O)N(COCC[Si](C)(C)C)c2cc(NC(=O)[C@@H](NC(=O)OCc3ccccc3)C(C3CC3)C3CC3)ccc21. The van der Waals surface area contributed by atoms with Gasteiger partial charge >= 0.3 is 18.3 Å². The molecule has 0 radical (unpaired) electrons. The topological polar surface area (TPSA) is 129 Å². The summed E-state index contributed by atoms with van der Waals surface area (Å²) in [6.45, 7) is 7.47. The van der Waals surface area contributed by atoms with Gasteiger partial charge < -0.3 is 30.3 Å². The molecule has 1 saturated heterocycles. The summed E-state index contributed by atoms with van der Waals surface area (Å²) in [5.41, 5.74) is -0.0189. The molecular weight excluding hydrogens is 684 g/mol. The van der Waals surface area contributed by atoms with Crippen LogP contribution in [0.2, 0.25) is 25.7 Å². The molecule has 3 atom stereocenters. The number of ether oxygens (including phenoxy) is 2. The van der Waals surface area contributed by atoms with Crippen molar-refractivity contribution < 1.29 is 41.8 Å². The van der Waals surface area contributed by atoms with E-state index in [2.05, 4.69) is 30.3 Å².